The number of benzene rings is 1. The van der Waals surface area contributed by atoms with Gasteiger partial charge in [0.15, 0.2) is 0 Å². The molecular formula is C16H14ClNO3. The number of carbonyl (C=O) groups is 1. The number of methoxy groups -OCH3 is 2. The first kappa shape index (κ1) is 15.1. The Hall–Kier alpha value is -2.33. The standard InChI is InChI=1S/C16H14ClNO3/c1-20-14-6-5-12(15(17)8-14)4-3-11-7-13(10-18-9-11)16(19)21-2/h3-10H,1-2H3. The second kappa shape index (κ2) is 6.90. The van der Waals surface area contributed by atoms with E-state index in [-0.39, 0.29) is 0 Å². The van der Waals surface area contributed by atoms with Gasteiger partial charge in [-0.1, -0.05) is 23.8 Å². The predicted molar refractivity (Wildman–Crippen MR) is 82.5 cm³/mol. The van der Waals surface area contributed by atoms with Crippen LogP contribution in [0.25, 0.3) is 12.2 Å². The average molecular weight is 304 g/mol. The molecule has 1 aromatic carbocycles. The third kappa shape index (κ3) is 3.83. The Morgan fingerprint density at radius 2 is 2.00 bits per heavy atom. The smallest absolute Gasteiger partial charge is 0.339 e. The van der Waals surface area contributed by atoms with Gasteiger partial charge in [-0.25, -0.2) is 4.79 Å². The van der Waals surface area contributed by atoms with Crippen LogP contribution in [-0.4, -0.2) is 25.2 Å². The van der Waals surface area contributed by atoms with Gasteiger partial charge in [0, 0.05) is 12.4 Å². The lowest BCUT2D eigenvalue weighted by Gasteiger charge is -2.03. The summed E-state index contributed by atoms with van der Waals surface area (Å²) in [4.78, 5) is 15.5. The van der Waals surface area contributed by atoms with Crippen molar-refractivity contribution in [3.63, 3.8) is 0 Å². The molecule has 0 unspecified atom stereocenters. The summed E-state index contributed by atoms with van der Waals surface area (Å²) >= 11 is 6.16. The zero-order valence-electron chi connectivity index (χ0n) is 11.7. The van der Waals surface area contributed by atoms with Gasteiger partial charge in [-0.15, -0.1) is 0 Å². The highest BCUT2D eigenvalue weighted by Crippen LogP contribution is 2.24. The summed E-state index contributed by atoms with van der Waals surface area (Å²) in [6, 6.07) is 7.13. The first-order valence-corrected chi connectivity index (χ1v) is 6.57. The van der Waals surface area contributed by atoms with E-state index in [9.17, 15) is 4.79 Å². The Labute approximate surface area is 128 Å². The fourth-order valence-corrected chi connectivity index (χ4v) is 1.97. The molecule has 1 heterocycles. The summed E-state index contributed by atoms with van der Waals surface area (Å²) in [7, 11) is 2.92. The van der Waals surface area contributed by atoms with Crippen LogP contribution < -0.4 is 4.74 Å². The van der Waals surface area contributed by atoms with E-state index in [1.165, 1.54) is 13.3 Å². The monoisotopic (exact) mass is 303 g/mol. The molecule has 2 aromatic rings. The van der Waals surface area contributed by atoms with Gasteiger partial charge in [0.25, 0.3) is 0 Å². The maximum atomic E-state index is 11.4. The molecule has 1 aromatic heterocycles. The molecular weight excluding hydrogens is 290 g/mol. The molecule has 0 fully saturated rings. The number of pyridine rings is 1. The highest BCUT2D eigenvalue weighted by Gasteiger charge is 2.05. The van der Waals surface area contributed by atoms with Gasteiger partial charge >= 0.3 is 5.97 Å². The van der Waals surface area contributed by atoms with E-state index in [2.05, 4.69) is 9.72 Å². The molecule has 0 saturated heterocycles. The minimum Gasteiger partial charge on any atom is -0.497 e. The third-order valence-corrected chi connectivity index (χ3v) is 3.17. The van der Waals surface area contributed by atoms with Gasteiger partial charge in [-0.3, -0.25) is 4.98 Å². The van der Waals surface area contributed by atoms with Crippen LogP contribution in [0.1, 0.15) is 21.5 Å². The number of rotatable bonds is 4. The fraction of sp³-hybridized carbons (Fsp3) is 0.125. The molecule has 0 atom stereocenters. The van der Waals surface area contributed by atoms with Crippen molar-refractivity contribution >= 4 is 29.7 Å². The number of esters is 1. The van der Waals surface area contributed by atoms with Crippen LogP contribution in [0.4, 0.5) is 0 Å². The Kier molecular flexibility index (Phi) is 4.95. The Bertz CT molecular complexity index is 683. The molecule has 0 spiro atoms. The van der Waals surface area contributed by atoms with E-state index >= 15 is 0 Å². The molecule has 0 amide bonds. The van der Waals surface area contributed by atoms with Gasteiger partial charge in [-0.05, 0) is 35.4 Å². The van der Waals surface area contributed by atoms with Crippen molar-refractivity contribution in [2.75, 3.05) is 14.2 Å². The SMILES string of the molecule is COC(=O)c1cncc(C=Cc2ccc(OC)cc2Cl)c1. The Morgan fingerprint density at radius 3 is 2.67 bits per heavy atom. The zero-order valence-corrected chi connectivity index (χ0v) is 12.4. The van der Waals surface area contributed by atoms with Crippen LogP contribution in [0.2, 0.25) is 5.02 Å². The van der Waals surface area contributed by atoms with Crippen molar-refractivity contribution in [3.8, 4) is 5.75 Å². The van der Waals surface area contributed by atoms with Gasteiger partial charge in [0.05, 0.1) is 24.8 Å². The molecule has 0 aliphatic heterocycles. The Morgan fingerprint density at radius 1 is 1.19 bits per heavy atom. The van der Waals surface area contributed by atoms with E-state index in [1.807, 2.05) is 24.3 Å². The lowest BCUT2D eigenvalue weighted by atomic mass is 10.1. The zero-order chi connectivity index (χ0) is 15.2. The highest BCUT2D eigenvalue weighted by atomic mass is 35.5. The number of hydrogen-bond donors (Lipinski definition) is 0. The van der Waals surface area contributed by atoms with E-state index in [0.717, 1.165) is 11.1 Å². The van der Waals surface area contributed by atoms with Crippen LogP contribution in [0.5, 0.6) is 5.75 Å². The van der Waals surface area contributed by atoms with Crippen molar-refractivity contribution in [2.45, 2.75) is 0 Å². The van der Waals surface area contributed by atoms with Crippen LogP contribution in [0.15, 0.2) is 36.7 Å². The number of halogens is 1. The quantitative estimate of drug-likeness (QED) is 0.808. The summed E-state index contributed by atoms with van der Waals surface area (Å²) in [5.74, 6) is 0.284. The van der Waals surface area contributed by atoms with Gasteiger partial charge in [0.1, 0.15) is 5.75 Å². The minimum absolute atomic E-state index is 0.403. The number of hydrogen-bond acceptors (Lipinski definition) is 4. The van der Waals surface area contributed by atoms with Crippen molar-refractivity contribution in [3.05, 3.63) is 58.4 Å². The van der Waals surface area contributed by atoms with Crippen LogP contribution in [0.3, 0.4) is 0 Å². The second-order valence-corrected chi connectivity index (χ2v) is 4.63. The molecule has 5 heteroatoms. The molecule has 0 bridgehead atoms. The predicted octanol–water partition coefficient (Wildman–Crippen LogP) is 3.70. The molecule has 108 valence electrons. The van der Waals surface area contributed by atoms with Crippen LogP contribution in [0, 0.1) is 0 Å². The largest absolute Gasteiger partial charge is 0.497 e. The first-order chi connectivity index (χ1) is 10.1. The van der Waals surface area contributed by atoms with Crippen LogP contribution >= 0.6 is 11.6 Å². The number of ether oxygens (including phenoxy) is 2. The van der Waals surface area contributed by atoms with Gasteiger partial charge in [-0.2, -0.15) is 0 Å². The van der Waals surface area contributed by atoms with E-state index < -0.39 is 5.97 Å². The molecule has 0 N–H and O–H groups in total. The molecule has 0 saturated carbocycles. The maximum absolute atomic E-state index is 11.4. The molecule has 0 radical (unpaired) electrons. The molecule has 4 nitrogen and oxygen atoms in total. The van der Waals surface area contributed by atoms with Gasteiger partial charge in [0.2, 0.25) is 0 Å². The number of nitrogens with zero attached hydrogens (tertiary/aromatic N) is 1. The summed E-state index contributed by atoms with van der Waals surface area (Å²) < 4.78 is 9.76. The van der Waals surface area contributed by atoms with E-state index in [0.29, 0.717) is 16.3 Å². The summed E-state index contributed by atoms with van der Waals surface area (Å²) in [6.07, 6.45) is 6.79. The summed E-state index contributed by atoms with van der Waals surface area (Å²) in [5, 5.41) is 0.586. The van der Waals surface area contributed by atoms with Crippen molar-refractivity contribution in [1.29, 1.82) is 0 Å². The topological polar surface area (TPSA) is 48.4 Å². The fourth-order valence-electron chi connectivity index (χ4n) is 1.73. The van der Waals surface area contributed by atoms with Crippen molar-refractivity contribution < 1.29 is 14.3 Å². The Balaban J connectivity index is 2.23. The molecule has 21 heavy (non-hydrogen) atoms. The lowest BCUT2D eigenvalue weighted by Crippen LogP contribution is -2.01. The van der Waals surface area contributed by atoms with Crippen molar-refractivity contribution in [2.24, 2.45) is 0 Å². The molecule has 2 rings (SSSR count). The van der Waals surface area contributed by atoms with Crippen molar-refractivity contribution in [1.82, 2.24) is 4.98 Å². The summed E-state index contributed by atoms with van der Waals surface area (Å²) in [5.41, 5.74) is 2.03. The maximum Gasteiger partial charge on any atom is 0.339 e. The minimum atomic E-state index is -0.416. The average Bonchev–Trinajstić information content (AvgIpc) is 2.53. The number of aromatic nitrogens is 1. The van der Waals surface area contributed by atoms with Gasteiger partial charge < -0.3 is 9.47 Å². The normalized spacial score (nSPS) is 10.6. The third-order valence-electron chi connectivity index (χ3n) is 2.84. The lowest BCUT2D eigenvalue weighted by molar-refractivity contribution is 0.0600. The number of carbonyl (C=O) groups excluding carboxylic acids is 1. The second-order valence-electron chi connectivity index (χ2n) is 4.22. The van der Waals surface area contributed by atoms with Crippen LogP contribution in [-0.2, 0) is 4.74 Å². The highest BCUT2D eigenvalue weighted by molar-refractivity contribution is 6.32. The first-order valence-electron chi connectivity index (χ1n) is 6.19. The van der Waals surface area contributed by atoms with E-state index in [4.69, 9.17) is 16.3 Å². The molecule has 0 aliphatic carbocycles. The van der Waals surface area contributed by atoms with E-state index in [1.54, 1.807) is 25.4 Å². The molecule has 0 aliphatic rings. The summed E-state index contributed by atoms with van der Waals surface area (Å²) in [6.45, 7) is 0.